The summed E-state index contributed by atoms with van der Waals surface area (Å²) >= 11 is 0. The molecule has 3 nitrogen and oxygen atoms in total. The summed E-state index contributed by atoms with van der Waals surface area (Å²) in [6, 6.07) is 17.3. The van der Waals surface area contributed by atoms with Crippen molar-refractivity contribution in [1.29, 1.82) is 0 Å². The van der Waals surface area contributed by atoms with Crippen molar-refractivity contribution in [2.45, 2.75) is 13.5 Å². The van der Waals surface area contributed by atoms with Crippen LogP contribution in [0.3, 0.4) is 0 Å². The molecular formula is C17H18BeO3. The van der Waals surface area contributed by atoms with Crippen LogP contribution in [0.1, 0.15) is 18.1 Å². The SMILES string of the molecule is CC(=Cc1ccc(OCc2ccccc2)cc1)C(=O)O.[BeH2]. The number of hydrogen-bond donors (Lipinski definition) is 1. The Labute approximate surface area is 128 Å². The van der Waals surface area contributed by atoms with Crippen molar-refractivity contribution in [2.24, 2.45) is 0 Å². The molecule has 2 aromatic carbocycles. The molecule has 4 heteroatoms. The zero-order valence-electron chi connectivity index (χ0n) is 11.2. The van der Waals surface area contributed by atoms with Gasteiger partial charge < -0.3 is 9.84 Å². The van der Waals surface area contributed by atoms with E-state index in [0.29, 0.717) is 12.2 Å². The number of rotatable bonds is 5. The monoisotopic (exact) mass is 279 g/mol. The Morgan fingerprint density at radius 1 is 1.10 bits per heavy atom. The van der Waals surface area contributed by atoms with Gasteiger partial charge in [0.2, 0.25) is 0 Å². The summed E-state index contributed by atoms with van der Waals surface area (Å²) in [6.07, 6.45) is 1.63. The first-order valence-electron chi connectivity index (χ1n) is 6.33. The van der Waals surface area contributed by atoms with Crippen molar-refractivity contribution in [3.63, 3.8) is 0 Å². The third kappa shape index (κ3) is 5.25. The quantitative estimate of drug-likeness (QED) is 0.676. The molecule has 0 bridgehead atoms. The number of hydrogen-bond acceptors (Lipinski definition) is 2. The van der Waals surface area contributed by atoms with Gasteiger partial charge in [0.05, 0.1) is 0 Å². The Kier molecular flexibility index (Phi) is 6.37. The van der Waals surface area contributed by atoms with Gasteiger partial charge in [-0.15, -0.1) is 0 Å². The molecule has 0 aromatic heterocycles. The van der Waals surface area contributed by atoms with Crippen LogP contribution in [-0.2, 0) is 11.4 Å². The van der Waals surface area contributed by atoms with E-state index in [0.717, 1.165) is 16.9 Å². The molecule has 2 aromatic rings. The van der Waals surface area contributed by atoms with Crippen LogP contribution in [0.25, 0.3) is 6.08 Å². The normalized spacial score (nSPS) is 10.6. The first-order chi connectivity index (χ1) is 9.65. The Hall–Kier alpha value is -2.38. The zero-order chi connectivity index (χ0) is 14.4. The van der Waals surface area contributed by atoms with Gasteiger partial charge in [0.15, 0.2) is 0 Å². The first kappa shape index (κ1) is 16.7. The fraction of sp³-hybridized carbons (Fsp3) is 0.118. The van der Waals surface area contributed by atoms with Gasteiger partial charge in [0, 0.05) is 5.57 Å². The molecule has 0 fully saturated rings. The second kappa shape index (κ2) is 8.03. The minimum atomic E-state index is -0.908. The Morgan fingerprint density at radius 2 is 1.71 bits per heavy atom. The molecule has 0 radical (unpaired) electrons. The predicted molar refractivity (Wildman–Crippen MR) is 87.0 cm³/mol. The van der Waals surface area contributed by atoms with Crippen LogP contribution < -0.4 is 4.74 Å². The third-order valence-corrected chi connectivity index (χ3v) is 2.85. The number of ether oxygens (including phenoxy) is 1. The van der Waals surface area contributed by atoms with Crippen LogP contribution in [0.15, 0.2) is 60.2 Å². The summed E-state index contributed by atoms with van der Waals surface area (Å²) in [5.41, 5.74) is 2.26. The number of aliphatic carboxylic acids is 1. The van der Waals surface area contributed by atoms with Crippen molar-refractivity contribution in [2.75, 3.05) is 0 Å². The first-order valence-corrected chi connectivity index (χ1v) is 6.33. The summed E-state index contributed by atoms with van der Waals surface area (Å²) in [4.78, 5) is 10.7. The summed E-state index contributed by atoms with van der Waals surface area (Å²) in [7, 11) is 0. The van der Waals surface area contributed by atoms with E-state index in [2.05, 4.69) is 0 Å². The van der Waals surface area contributed by atoms with Crippen molar-refractivity contribution >= 4 is 22.2 Å². The van der Waals surface area contributed by atoms with E-state index in [1.54, 1.807) is 13.0 Å². The van der Waals surface area contributed by atoms with Crippen LogP contribution in [0.4, 0.5) is 0 Å². The van der Waals surface area contributed by atoms with E-state index in [4.69, 9.17) is 9.84 Å². The molecule has 21 heavy (non-hydrogen) atoms. The van der Waals surface area contributed by atoms with Crippen LogP contribution in [0, 0.1) is 0 Å². The number of carbonyl (C=O) groups is 1. The topological polar surface area (TPSA) is 46.5 Å². The molecule has 0 atom stereocenters. The van der Waals surface area contributed by atoms with E-state index < -0.39 is 5.97 Å². The molecule has 106 valence electrons. The fourth-order valence-electron chi connectivity index (χ4n) is 1.71. The molecule has 0 amide bonds. The maximum atomic E-state index is 10.7. The molecule has 0 spiro atoms. The second-order valence-corrected chi connectivity index (χ2v) is 4.48. The predicted octanol–water partition coefficient (Wildman–Crippen LogP) is 2.84. The zero-order valence-corrected chi connectivity index (χ0v) is 11.2. The van der Waals surface area contributed by atoms with Crippen molar-refractivity contribution < 1.29 is 14.6 Å². The fourth-order valence-corrected chi connectivity index (χ4v) is 1.71. The molecule has 1 N–H and O–H groups in total. The van der Waals surface area contributed by atoms with E-state index in [1.165, 1.54) is 0 Å². The van der Waals surface area contributed by atoms with Crippen LogP contribution in [-0.4, -0.2) is 21.2 Å². The van der Waals surface area contributed by atoms with Gasteiger partial charge >= 0.3 is 16.1 Å². The van der Waals surface area contributed by atoms with Crippen LogP contribution >= 0.6 is 0 Å². The molecule has 2 rings (SSSR count). The Balaban J connectivity index is 0.00000220. The molecule has 0 aliphatic rings. The number of carboxylic acids is 1. The van der Waals surface area contributed by atoms with Gasteiger partial charge in [0.25, 0.3) is 0 Å². The third-order valence-electron chi connectivity index (χ3n) is 2.85. The molecule has 0 unspecified atom stereocenters. The summed E-state index contributed by atoms with van der Waals surface area (Å²) < 4.78 is 5.66. The Morgan fingerprint density at radius 3 is 2.29 bits per heavy atom. The maximum absolute atomic E-state index is 10.7. The summed E-state index contributed by atoms with van der Waals surface area (Å²) in [5, 5.41) is 8.82. The molecule has 0 heterocycles. The van der Waals surface area contributed by atoms with E-state index >= 15 is 0 Å². The minimum absolute atomic E-state index is 0. The van der Waals surface area contributed by atoms with Crippen molar-refractivity contribution in [3.05, 3.63) is 71.3 Å². The van der Waals surface area contributed by atoms with Crippen LogP contribution in [0.5, 0.6) is 5.75 Å². The average Bonchev–Trinajstić information content (AvgIpc) is 2.47. The van der Waals surface area contributed by atoms with E-state index in [-0.39, 0.29) is 10.1 Å². The van der Waals surface area contributed by atoms with Crippen LogP contribution in [0.2, 0.25) is 0 Å². The van der Waals surface area contributed by atoms with E-state index in [9.17, 15) is 4.79 Å². The molecule has 0 saturated carbocycles. The standard InChI is InChI=1S/C17H16O3.Be.2H/c1-13(17(18)19)11-14-7-9-16(10-8-14)20-12-15-5-3-2-4-6-15;;;/h2-11H,12H2,1H3,(H,18,19);;;. The van der Waals surface area contributed by atoms with Gasteiger partial charge in [0.1, 0.15) is 12.4 Å². The second-order valence-electron chi connectivity index (χ2n) is 4.48. The summed E-state index contributed by atoms with van der Waals surface area (Å²) in [5.74, 6) is -0.145. The summed E-state index contributed by atoms with van der Waals surface area (Å²) in [6.45, 7) is 2.09. The molecule has 0 aliphatic carbocycles. The van der Waals surface area contributed by atoms with Gasteiger partial charge in [-0.1, -0.05) is 42.5 Å². The molecule has 0 saturated heterocycles. The van der Waals surface area contributed by atoms with Gasteiger partial charge in [-0.05, 0) is 36.3 Å². The van der Waals surface area contributed by atoms with Gasteiger partial charge in [-0.3, -0.25) is 0 Å². The van der Waals surface area contributed by atoms with Gasteiger partial charge in [-0.25, -0.2) is 4.79 Å². The molecular weight excluding hydrogens is 261 g/mol. The molecule has 0 aliphatic heterocycles. The van der Waals surface area contributed by atoms with Crippen molar-refractivity contribution in [3.8, 4) is 5.75 Å². The van der Waals surface area contributed by atoms with Gasteiger partial charge in [-0.2, -0.15) is 0 Å². The Bertz CT molecular complexity index is 604. The van der Waals surface area contributed by atoms with E-state index in [1.807, 2.05) is 54.6 Å². The average molecular weight is 279 g/mol. The number of carboxylic acid groups (broad SMARTS) is 1. The number of benzene rings is 2. The van der Waals surface area contributed by atoms with Crippen molar-refractivity contribution in [1.82, 2.24) is 0 Å².